The molecule has 0 fully saturated rings. The number of nitrogens with two attached hydrogens (primary N) is 1. The molecule has 1 heterocycles. The lowest BCUT2D eigenvalue weighted by atomic mass is 10.0. The van der Waals surface area contributed by atoms with Crippen LogP contribution in [0.25, 0.3) is 0 Å². The Labute approximate surface area is 131 Å². The van der Waals surface area contributed by atoms with Crippen molar-refractivity contribution in [1.29, 1.82) is 0 Å². The van der Waals surface area contributed by atoms with Crippen molar-refractivity contribution in [1.82, 2.24) is 0 Å². The fraction of sp³-hybridized carbons (Fsp3) is 0.188. The Morgan fingerprint density at radius 1 is 1.14 bits per heavy atom. The van der Waals surface area contributed by atoms with Gasteiger partial charge in [0.25, 0.3) is 0 Å². The summed E-state index contributed by atoms with van der Waals surface area (Å²) in [4.78, 5) is 11.3. The molecule has 108 valence electrons. The van der Waals surface area contributed by atoms with Crippen LogP contribution in [0.5, 0.6) is 11.5 Å². The topological polar surface area (TPSA) is 64.3 Å². The van der Waals surface area contributed by atoms with E-state index < -0.39 is 0 Å². The fourth-order valence-corrected chi connectivity index (χ4v) is 2.84. The zero-order valence-corrected chi connectivity index (χ0v) is 12.9. The summed E-state index contributed by atoms with van der Waals surface area (Å²) >= 11 is 3.48. The largest absolute Gasteiger partial charge is 0.457 e. The molecule has 2 aromatic rings. The van der Waals surface area contributed by atoms with Crippen LogP contribution in [0.4, 0.5) is 5.69 Å². The monoisotopic (exact) mass is 346 g/mol. The predicted molar refractivity (Wildman–Crippen MR) is 85.5 cm³/mol. The normalized spacial score (nSPS) is 13.5. The van der Waals surface area contributed by atoms with Crippen molar-refractivity contribution >= 4 is 27.5 Å². The molecule has 2 aromatic carbocycles. The minimum absolute atomic E-state index is 0.0671. The van der Waals surface area contributed by atoms with E-state index in [1.54, 1.807) is 0 Å². The molecule has 0 atom stereocenters. The molecule has 0 bridgehead atoms. The average molecular weight is 347 g/mol. The molecule has 0 aliphatic carbocycles. The number of halogens is 1. The summed E-state index contributed by atoms with van der Waals surface area (Å²) in [6, 6.07) is 11.5. The quantitative estimate of drug-likeness (QED) is 0.892. The number of rotatable bonds is 3. The third kappa shape index (κ3) is 3.09. The van der Waals surface area contributed by atoms with Crippen LogP contribution in [0, 0.1) is 0 Å². The van der Waals surface area contributed by atoms with Gasteiger partial charge in [0.2, 0.25) is 5.91 Å². The molecule has 5 heteroatoms. The first-order chi connectivity index (χ1) is 10.2. The number of aryl methyl sites for hydroxylation is 1. The lowest BCUT2D eigenvalue weighted by Crippen LogP contribution is -2.18. The second kappa shape index (κ2) is 5.87. The van der Waals surface area contributed by atoms with Crippen molar-refractivity contribution < 1.29 is 9.53 Å². The van der Waals surface area contributed by atoms with Gasteiger partial charge in [-0.3, -0.25) is 4.79 Å². The molecule has 0 aromatic heterocycles. The van der Waals surface area contributed by atoms with Crippen LogP contribution >= 0.6 is 15.9 Å². The van der Waals surface area contributed by atoms with E-state index in [1.165, 1.54) is 0 Å². The summed E-state index contributed by atoms with van der Waals surface area (Å²) in [5, 5.41) is 2.86. The molecular formula is C16H15BrN2O2. The summed E-state index contributed by atoms with van der Waals surface area (Å²) in [5.41, 5.74) is 8.65. The maximum absolute atomic E-state index is 11.3. The highest BCUT2D eigenvalue weighted by molar-refractivity contribution is 9.10. The lowest BCUT2D eigenvalue weighted by molar-refractivity contribution is -0.116. The Morgan fingerprint density at radius 2 is 1.90 bits per heavy atom. The fourth-order valence-electron chi connectivity index (χ4n) is 2.32. The van der Waals surface area contributed by atoms with Crippen molar-refractivity contribution in [2.45, 2.75) is 19.4 Å². The Morgan fingerprint density at radius 3 is 2.67 bits per heavy atom. The second-order valence-corrected chi connectivity index (χ2v) is 5.78. The molecule has 3 rings (SSSR count). The molecule has 1 aliphatic rings. The molecule has 0 spiro atoms. The van der Waals surface area contributed by atoms with E-state index in [0.29, 0.717) is 13.0 Å². The third-order valence-electron chi connectivity index (χ3n) is 3.45. The van der Waals surface area contributed by atoms with Gasteiger partial charge in [0.05, 0.1) is 0 Å². The van der Waals surface area contributed by atoms with E-state index in [-0.39, 0.29) is 5.91 Å². The van der Waals surface area contributed by atoms with Crippen molar-refractivity contribution in [2.24, 2.45) is 5.73 Å². The number of anilines is 1. The van der Waals surface area contributed by atoms with Gasteiger partial charge in [-0.25, -0.2) is 0 Å². The van der Waals surface area contributed by atoms with E-state index in [4.69, 9.17) is 10.5 Å². The van der Waals surface area contributed by atoms with Gasteiger partial charge in [-0.1, -0.05) is 22.0 Å². The van der Waals surface area contributed by atoms with Gasteiger partial charge in [0.1, 0.15) is 11.5 Å². The molecule has 1 aliphatic heterocycles. The van der Waals surface area contributed by atoms with Gasteiger partial charge in [-0.15, -0.1) is 0 Å². The van der Waals surface area contributed by atoms with Crippen LogP contribution in [-0.4, -0.2) is 5.91 Å². The molecule has 0 radical (unpaired) electrons. The summed E-state index contributed by atoms with van der Waals surface area (Å²) in [7, 11) is 0. The number of ether oxygens (including phenoxy) is 1. The average Bonchev–Trinajstić information content (AvgIpc) is 2.48. The van der Waals surface area contributed by atoms with Gasteiger partial charge in [0, 0.05) is 23.1 Å². The summed E-state index contributed by atoms with van der Waals surface area (Å²) in [5.74, 6) is 1.58. The van der Waals surface area contributed by atoms with Crippen LogP contribution in [-0.2, 0) is 17.8 Å². The zero-order valence-electron chi connectivity index (χ0n) is 11.4. The minimum Gasteiger partial charge on any atom is -0.457 e. The molecule has 0 saturated heterocycles. The van der Waals surface area contributed by atoms with Crippen molar-refractivity contribution in [2.75, 3.05) is 5.32 Å². The number of amides is 1. The van der Waals surface area contributed by atoms with E-state index in [9.17, 15) is 4.79 Å². The third-order valence-corrected chi connectivity index (χ3v) is 4.19. The molecule has 0 saturated carbocycles. The number of hydrogen-bond donors (Lipinski definition) is 2. The van der Waals surface area contributed by atoms with Gasteiger partial charge in [-0.2, -0.15) is 0 Å². The molecule has 0 unspecified atom stereocenters. The first-order valence-electron chi connectivity index (χ1n) is 6.75. The zero-order chi connectivity index (χ0) is 14.8. The van der Waals surface area contributed by atoms with Gasteiger partial charge < -0.3 is 15.8 Å². The number of fused-ring (bicyclic) bond motifs is 1. The second-order valence-electron chi connectivity index (χ2n) is 4.93. The number of carbonyl (C=O) groups excluding carboxylic acids is 1. The Kier molecular flexibility index (Phi) is 3.94. The Hall–Kier alpha value is -1.85. The lowest BCUT2D eigenvalue weighted by Gasteiger charge is -2.17. The highest BCUT2D eigenvalue weighted by Gasteiger charge is 2.15. The predicted octanol–water partition coefficient (Wildman–Crippen LogP) is 3.58. The van der Waals surface area contributed by atoms with Crippen molar-refractivity contribution in [3.05, 3.63) is 52.0 Å². The SMILES string of the molecule is NCc1ccc(Oc2ccc3c(c2)CCC(=O)N3)cc1Br. The van der Waals surface area contributed by atoms with E-state index in [1.807, 2.05) is 36.4 Å². The molecule has 3 N–H and O–H groups in total. The highest BCUT2D eigenvalue weighted by Crippen LogP contribution is 2.31. The van der Waals surface area contributed by atoms with Crippen LogP contribution in [0.2, 0.25) is 0 Å². The number of benzene rings is 2. The van der Waals surface area contributed by atoms with Crippen LogP contribution in [0.1, 0.15) is 17.5 Å². The van der Waals surface area contributed by atoms with Gasteiger partial charge >= 0.3 is 0 Å². The summed E-state index contributed by atoms with van der Waals surface area (Å²) < 4.78 is 6.81. The van der Waals surface area contributed by atoms with Crippen LogP contribution in [0.15, 0.2) is 40.9 Å². The summed E-state index contributed by atoms with van der Waals surface area (Å²) in [6.07, 6.45) is 1.27. The maximum Gasteiger partial charge on any atom is 0.224 e. The number of hydrogen-bond acceptors (Lipinski definition) is 3. The maximum atomic E-state index is 11.3. The first kappa shape index (κ1) is 14.1. The van der Waals surface area contributed by atoms with E-state index in [2.05, 4.69) is 21.2 Å². The minimum atomic E-state index is 0.0671. The number of carbonyl (C=O) groups is 1. The molecule has 21 heavy (non-hydrogen) atoms. The van der Waals surface area contributed by atoms with Crippen molar-refractivity contribution in [3.8, 4) is 11.5 Å². The molecule has 4 nitrogen and oxygen atoms in total. The Balaban J connectivity index is 1.82. The molecule has 1 amide bonds. The van der Waals surface area contributed by atoms with Gasteiger partial charge in [0.15, 0.2) is 0 Å². The standard InChI is InChI=1S/C16H15BrN2O2/c17-14-8-13(3-1-11(14)9-18)21-12-4-5-15-10(7-12)2-6-16(20)19-15/h1,3-5,7-8H,2,6,9,18H2,(H,19,20). The van der Waals surface area contributed by atoms with E-state index in [0.717, 1.165) is 39.2 Å². The van der Waals surface area contributed by atoms with Gasteiger partial charge in [-0.05, 0) is 47.9 Å². The summed E-state index contributed by atoms with van der Waals surface area (Å²) in [6.45, 7) is 0.486. The van der Waals surface area contributed by atoms with Crippen molar-refractivity contribution in [3.63, 3.8) is 0 Å². The van der Waals surface area contributed by atoms with E-state index >= 15 is 0 Å². The highest BCUT2D eigenvalue weighted by atomic mass is 79.9. The molecular weight excluding hydrogens is 332 g/mol. The Bertz CT molecular complexity index is 701. The van der Waals surface area contributed by atoms with Crippen LogP contribution < -0.4 is 15.8 Å². The smallest absolute Gasteiger partial charge is 0.224 e. The van der Waals surface area contributed by atoms with Crippen LogP contribution in [0.3, 0.4) is 0 Å². The number of nitrogens with one attached hydrogen (secondary N) is 1. The first-order valence-corrected chi connectivity index (χ1v) is 7.54.